The molecule has 0 aliphatic rings. The zero-order valence-corrected chi connectivity index (χ0v) is 13.8. The molecule has 6 nitrogen and oxygen atoms in total. The summed E-state index contributed by atoms with van der Waals surface area (Å²) in [6, 6.07) is 0. The second kappa shape index (κ2) is 11.8. The van der Waals surface area contributed by atoms with Gasteiger partial charge in [-0.3, -0.25) is 9.59 Å². The van der Waals surface area contributed by atoms with Crippen LogP contribution in [0.15, 0.2) is 12.2 Å². The maximum atomic E-state index is 11.9. The largest absolute Gasteiger partial charge is 0.469 e. The Morgan fingerprint density at radius 1 is 0.955 bits per heavy atom. The lowest BCUT2D eigenvalue weighted by Crippen LogP contribution is -2.24. The normalized spacial score (nSPS) is 13.5. The van der Waals surface area contributed by atoms with Gasteiger partial charge in [-0.1, -0.05) is 32.3 Å². The van der Waals surface area contributed by atoms with E-state index in [-0.39, 0.29) is 12.4 Å². The van der Waals surface area contributed by atoms with Crippen LogP contribution in [0.25, 0.3) is 0 Å². The van der Waals surface area contributed by atoms with Gasteiger partial charge in [-0.2, -0.15) is 0 Å². The summed E-state index contributed by atoms with van der Waals surface area (Å²) in [4.78, 5) is 34.8. The topological polar surface area (TPSA) is 78.9 Å². The first kappa shape index (κ1) is 20.1. The number of carbonyl (C=O) groups is 3. The van der Waals surface area contributed by atoms with Crippen molar-refractivity contribution < 1.29 is 28.6 Å². The van der Waals surface area contributed by atoms with Crippen LogP contribution in [-0.2, 0) is 28.6 Å². The lowest BCUT2D eigenvalue weighted by atomic mass is 9.90. The summed E-state index contributed by atoms with van der Waals surface area (Å²) in [5.41, 5.74) is 0. The minimum atomic E-state index is -0.685. The predicted molar refractivity (Wildman–Crippen MR) is 80.9 cm³/mol. The van der Waals surface area contributed by atoms with Gasteiger partial charge in [-0.05, 0) is 12.8 Å². The number of methoxy groups -OCH3 is 3. The summed E-state index contributed by atoms with van der Waals surface area (Å²) in [6.07, 6.45) is 6.39. The summed E-state index contributed by atoms with van der Waals surface area (Å²) in [7, 11) is 3.85. The standard InChI is InChI=1S/C16H26O6/c1-5-6-7-8-12(15(18)21-3)11-13(16(19)22-4)9-10-14(17)20-2/h9-10,12-13H,5-8,11H2,1-4H3. The van der Waals surface area contributed by atoms with Gasteiger partial charge >= 0.3 is 17.9 Å². The second-order valence-electron chi connectivity index (χ2n) is 4.96. The average molecular weight is 314 g/mol. The fraction of sp³-hybridized carbons (Fsp3) is 0.688. The Hall–Kier alpha value is -1.85. The molecule has 0 radical (unpaired) electrons. The van der Waals surface area contributed by atoms with Crippen molar-refractivity contribution in [1.82, 2.24) is 0 Å². The van der Waals surface area contributed by atoms with Crippen molar-refractivity contribution in [2.24, 2.45) is 11.8 Å². The molecular formula is C16H26O6. The number of hydrogen-bond donors (Lipinski definition) is 0. The molecule has 0 aromatic rings. The van der Waals surface area contributed by atoms with Gasteiger partial charge < -0.3 is 14.2 Å². The van der Waals surface area contributed by atoms with E-state index in [1.165, 1.54) is 33.5 Å². The van der Waals surface area contributed by atoms with Crippen molar-refractivity contribution in [3.05, 3.63) is 12.2 Å². The lowest BCUT2D eigenvalue weighted by molar-refractivity contribution is -0.148. The smallest absolute Gasteiger partial charge is 0.330 e. The molecule has 0 spiro atoms. The highest BCUT2D eigenvalue weighted by atomic mass is 16.5. The van der Waals surface area contributed by atoms with E-state index in [4.69, 9.17) is 9.47 Å². The minimum Gasteiger partial charge on any atom is -0.469 e. The van der Waals surface area contributed by atoms with Crippen molar-refractivity contribution in [3.8, 4) is 0 Å². The lowest BCUT2D eigenvalue weighted by Gasteiger charge is -2.18. The number of rotatable bonds is 10. The van der Waals surface area contributed by atoms with Crippen molar-refractivity contribution in [2.45, 2.75) is 39.0 Å². The van der Waals surface area contributed by atoms with Crippen LogP contribution in [0.2, 0.25) is 0 Å². The molecule has 0 saturated carbocycles. The molecule has 2 unspecified atom stereocenters. The Balaban J connectivity index is 4.93. The summed E-state index contributed by atoms with van der Waals surface area (Å²) < 4.78 is 14.0. The number of esters is 3. The van der Waals surface area contributed by atoms with Crippen molar-refractivity contribution in [2.75, 3.05) is 21.3 Å². The van der Waals surface area contributed by atoms with E-state index in [0.29, 0.717) is 6.42 Å². The molecule has 6 heteroatoms. The molecule has 22 heavy (non-hydrogen) atoms. The molecule has 0 aromatic carbocycles. The third-order valence-electron chi connectivity index (χ3n) is 3.40. The van der Waals surface area contributed by atoms with E-state index in [1.54, 1.807) is 0 Å². The van der Waals surface area contributed by atoms with Gasteiger partial charge in [0, 0.05) is 6.08 Å². The first-order valence-corrected chi connectivity index (χ1v) is 7.41. The first-order chi connectivity index (χ1) is 10.5. The van der Waals surface area contributed by atoms with Gasteiger partial charge in [0.15, 0.2) is 0 Å². The second-order valence-corrected chi connectivity index (χ2v) is 4.96. The number of carbonyl (C=O) groups excluding carboxylic acids is 3. The molecule has 0 amide bonds. The Morgan fingerprint density at radius 2 is 1.59 bits per heavy atom. The molecule has 0 rings (SSSR count). The Bertz CT molecular complexity index is 388. The van der Waals surface area contributed by atoms with Crippen molar-refractivity contribution >= 4 is 17.9 Å². The van der Waals surface area contributed by atoms with Crippen LogP contribution < -0.4 is 0 Å². The van der Waals surface area contributed by atoms with Crippen LogP contribution in [0.3, 0.4) is 0 Å². The van der Waals surface area contributed by atoms with Crippen LogP contribution in [-0.4, -0.2) is 39.2 Å². The zero-order chi connectivity index (χ0) is 17.0. The molecular weight excluding hydrogens is 288 g/mol. The highest BCUT2D eigenvalue weighted by molar-refractivity contribution is 5.84. The molecule has 2 atom stereocenters. The third kappa shape index (κ3) is 7.81. The highest BCUT2D eigenvalue weighted by Crippen LogP contribution is 2.22. The van der Waals surface area contributed by atoms with Crippen molar-refractivity contribution in [3.63, 3.8) is 0 Å². The molecule has 0 fully saturated rings. The molecule has 126 valence electrons. The van der Waals surface area contributed by atoms with E-state index in [0.717, 1.165) is 19.3 Å². The quantitative estimate of drug-likeness (QED) is 0.266. The molecule has 0 aliphatic carbocycles. The van der Waals surface area contributed by atoms with E-state index in [2.05, 4.69) is 11.7 Å². The van der Waals surface area contributed by atoms with Crippen LogP contribution in [0, 0.1) is 11.8 Å². The van der Waals surface area contributed by atoms with E-state index >= 15 is 0 Å². The van der Waals surface area contributed by atoms with Gasteiger partial charge in [0.05, 0.1) is 33.2 Å². The third-order valence-corrected chi connectivity index (χ3v) is 3.40. The van der Waals surface area contributed by atoms with Gasteiger partial charge in [-0.25, -0.2) is 4.79 Å². The van der Waals surface area contributed by atoms with Gasteiger partial charge in [0.25, 0.3) is 0 Å². The monoisotopic (exact) mass is 314 g/mol. The molecule has 0 bridgehead atoms. The zero-order valence-electron chi connectivity index (χ0n) is 13.8. The predicted octanol–water partition coefficient (Wildman–Crippen LogP) is 2.26. The van der Waals surface area contributed by atoms with E-state index < -0.39 is 23.8 Å². The number of hydrogen-bond acceptors (Lipinski definition) is 6. The van der Waals surface area contributed by atoms with Gasteiger partial charge in [-0.15, -0.1) is 0 Å². The summed E-state index contributed by atoms with van der Waals surface area (Å²) >= 11 is 0. The molecule has 0 aromatic heterocycles. The van der Waals surface area contributed by atoms with E-state index in [1.807, 2.05) is 0 Å². The number of unbranched alkanes of at least 4 members (excludes halogenated alkanes) is 2. The molecule has 0 aliphatic heterocycles. The SMILES string of the molecule is CCCCCC(CC(C=CC(=O)OC)C(=O)OC)C(=O)OC. The summed E-state index contributed by atoms with van der Waals surface area (Å²) in [6.45, 7) is 2.07. The molecule has 0 saturated heterocycles. The molecule has 0 heterocycles. The maximum Gasteiger partial charge on any atom is 0.330 e. The first-order valence-electron chi connectivity index (χ1n) is 7.41. The van der Waals surface area contributed by atoms with E-state index in [9.17, 15) is 14.4 Å². The fourth-order valence-corrected chi connectivity index (χ4v) is 2.11. The average Bonchev–Trinajstić information content (AvgIpc) is 2.55. The van der Waals surface area contributed by atoms with Gasteiger partial charge in [0.2, 0.25) is 0 Å². The van der Waals surface area contributed by atoms with Crippen molar-refractivity contribution in [1.29, 1.82) is 0 Å². The Kier molecular flexibility index (Phi) is 10.8. The summed E-state index contributed by atoms with van der Waals surface area (Å²) in [5, 5.41) is 0. The molecule has 0 N–H and O–H groups in total. The number of ether oxygens (including phenoxy) is 3. The minimum absolute atomic E-state index is 0.247. The van der Waals surface area contributed by atoms with Gasteiger partial charge in [0.1, 0.15) is 0 Å². The van der Waals surface area contributed by atoms with Crippen LogP contribution in [0.5, 0.6) is 0 Å². The van der Waals surface area contributed by atoms with Crippen LogP contribution in [0.4, 0.5) is 0 Å². The maximum absolute atomic E-state index is 11.9. The fourth-order valence-electron chi connectivity index (χ4n) is 2.11. The summed E-state index contributed by atoms with van der Waals surface area (Å²) in [5.74, 6) is -2.49. The van der Waals surface area contributed by atoms with Crippen LogP contribution >= 0.6 is 0 Å². The Labute approximate surface area is 131 Å². The van der Waals surface area contributed by atoms with Crippen LogP contribution in [0.1, 0.15) is 39.0 Å². The highest BCUT2D eigenvalue weighted by Gasteiger charge is 2.27. The Morgan fingerprint density at radius 3 is 2.09 bits per heavy atom.